The second kappa shape index (κ2) is 7.53. The van der Waals surface area contributed by atoms with Gasteiger partial charge in [-0.05, 0) is 48.2 Å². The number of ether oxygens (including phenoxy) is 1. The van der Waals surface area contributed by atoms with Crippen molar-refractivity contribution in [3.63, 3.8) is 0 Å². The highest BCUT2D eigenvalue weighted by Gasteiger charge is 2.44. The van der Waals surface area contributed by atoms with Gasteiger partial charge in [-0.15, -0.1) is 0 Å². The number of rotatable bonds is 5. The summed E-state index contributed by atoms with van der Waals surface area (Å²) in [6.45, 7) is 1.38. The third-order valence-corrected chi connectivity index (χ3v) is 4.57. The zero-order valence-electron chi connectivity index (χ0n) is 15.3. The van der Waals surface area contributed by atoms with Crippen molar-refractivity contribution in [2.75, 3.05) is 17.7 Å². The van der Waals surface area contributed by atoms with Crippen molar-refractivity contribution < 1.29 is 27.5 Å². The number of hydrogen-bond donors (Lipinski definition) is 2. The summed E-state index contributed by atoms with van der Waals surface area (Å²) in [5, 5.41) is 5.41. The number of alkyl halides is 3. The van der Waals surface area contributed by atoms with Gasteiger partial charge in [-0.3, -0.25) is 9.59 Å². The molecule has 0 bridgehead atoms. The molecule has 2 unspecified atom stereocenters. The maximum absolute atomic E-state index is 12.7. The Morgan fingerprint density at radius 2 is 1.75 bits per heavy atom. The van der Waals surface area contributed by atoms with Crippen molar-refractivity contribution in [2.45, 2.75) is 25.4 Å². The Kier molecular flexibility index (Phi) is 5.31. The van der Waals surface area contributed by atoms with Crippen LogP contribution in [0.25, 0.3) is 0 Å². The molecule has 8 heteroatoms. The van der Waals surface area contributed by atoms with Gasteiger partial charge in [-0.1, -0.05) is 12.1 Å². The number of halogens is 3. The van der Waals surface area contributed by atoms with Crippen LogP contribution in [0, 0.1) is 5.92 Å². The fourth-order valence-corrected chi connectivity index (χ4v) is 3.08. The second-order valence-electron chi connectivity index (χ2n) is 6.65. The number of carbonyl (C=O) groups excluding carboxylic acids is 2. The molecule has 1 fully saturated rings. The summed E-state index contributed by atoms with van der Waals surface area (Å²) in [6.07, 6.45) is -3.82. The third-order valence-electron chi connectivity index (χ3n) is 4.57. The number of benzene rings is 2. The maximum Gasteiger partial charge on any atom is 0.416 e. The van der Waals surface area contributed by atoms with Crippen molar-refractivity contribution in [1.29, 1.82) is 0 Å². The normalized spacial score (nSPS) is 18.3. The number of amides is 2. The maximum atomic E-state index is 12.7. The van der Waals surface area contributed by atoms with Gasteiger partial charge in [0.25, 0.3) is 0 Å². The highest BCUT2D eigenvalue weighted by atomic mass is 19.4. The van der Waals surface area contributed by atoms with Crippen molar-refractivity contribution in [1.82, 2.24) is 0 Å². The number of hydrogen-bond acceptors (Lipinski definition) is 3. The van der Waals surface area contributed by atoms with Gasteiger partial charge in [0.15, 0.2) is 0 Å². The lowest BCUT2D eigenvalue weighted by molar-refractivity contribution is -0.137. The smallest absolute Gasteiger partial charge is 0.416 e. The van der Waals surface area contributed by atoms with E-state index in [4.69, 9.17) is 4.74 Å². The van der Waals surface area contributed by atoms with E-state index in [1.807, 2.05) is 0 Å². The van der Waals surface area contributed by atoms with E-state index in [1.165, 1.54) is 26.2 Å². The van der Waals surface area contributed by atoms with Crippen LogP contribution in [0.2, 0.25) is 0 Å². The first kappa shape index (κ1) is 19.7. The van der Waals surface area contributed by atoms with Gasteiger partial charge in [0.2, 0.25) is 11.8 Å². The van der Waals surface area contributed by atoms with Crippen LogP contribution >= 0.6 is 0 Å². The monoisotopic (exact) mass is 392 g/mol. The van der Waals surface area contributed by atoms with Crippen LogP contribution in [0.5, 0.6) is 5.75 Å². The third kappa shape index (κ3) is 4.44. The lowest BCUT2D eigenvalue weighted by Gasteiger charge is -2.12. The van der Waals surface area contributed by atoms with Crippen LogP contribution in [-0.4, -0.2) is 18.9 Å². The van der Waals surface area contributed by atoms with E-state index in [-0.39, 0.29) is 23.7 Å². The quantitative estimate of drug-likeness (QED) is 0.792. The molecule has 2 N–H and O–H groups in total. The molecule has 0 heterocycles. The minimum atomic E-state index is -4.38. The van der Waals surface area contributed by atoms with E-state index in [1.54, 1.807) is 18.2 Å². The van der Waals surface area contributed by atoms with E-state index in [0.717, 1.165) is 12.1 Å². The first-order valence-corrected chi connectivity index (χ1v) is 8.62. The Hall–Kier alpha value is -3.03. The van der Waals surface area contributed by atoms with Crippen molar-refractivity contribution in [2.24, 2.45) is 5.92 Å². The zero-order chi connectivity index (χ0) is 20.5. The molecule has 5 nitrogen and oxygen atoms in total. The van der Waals surface area contributed by atoms with Gasteiger partial charge in [-0.2, -0.15) is 13.2 Å². The molecule has 28 heavy (non-hydrogen) atoms. The molecule has 0 saturated heterocycles. The minimum absolute atomic E-state index is 0.119. The number of nitrogens with one attached hydrogen (secondary N) is 2. The van der Waals surface area contributed by atoms with Crippen LogP contribution in [0.1, 0.15) is 30.4 Å². The van der Waals surface area contributed by atoms with E-state index in [9.17, 15) is 22.8 Å². The summed E-state index contributed by atoms with van der Waals surface area (Å²) < 4.78 is 43.2. The molecule has 1 aliphatic rings. The molecule has 1 aliphatic carbocycles. The van der Waals surface area contributed by atoms with Crippen molar-refractivity contribution >= 4 is 23.2 Å². The predicted octanol–water partition coefficient (Wildman–Crippen LogP) is 4.41. The lowest BCUT2D eigenvalue weighted by atomic mass is 10.1. The molecular weight excluding hydrogens is 373 g/mol. The lowest BCUT2D eigenvalue weighted by Crippen LogP contribution is -2.16. The van der Waals surface area contributed by atoms with Gasteiger partial charge in [0, 0.05) is 18.5 Å². The minimum Gasteiger partial charge on any atom is -0.495 e. The number of anilines is 2. The van der Waals surface area contributed by atoms with E-state index in [2.05, 4.69) is 10.6 Å². The largest absolute Gasteiger partial charge is 0.495 e. The highest BCUT2D eigenvalue weighted by Crippen LogP contribution is 2.48. The Balaban J connectivity index is 1.69. The Morgan fingerprint density at radius 1 is 1.07 bits per heavy atom. The summed E-state index contributed by atoms with van der Waals surface area (Å²) in [7, 11) is 1.46. The molecular formula is C20H19F3N2O3. The van der Waals surface area contributed by atoms with Crippen LogP contribution < -0.4 is 15.4 Å². The predicted molar refractivity (Wildman–Crippen MR) is 98.2 cm³/mol. The fraction of sp³-hybridized carbons (Fsp3) is 0.300. The summed E-state index contributed by atoms with van der Waals surface area (Å²) in [6, 6.07) is 9.76. The molecule has 2 aromatic rings. The Labute approximate surface area is 159 Å². The summed E-state index contributed by atoms with van der Waals surface area (Å²) in [5.41, 5.74) is 0.917. The van der Waals surface area contributed by atoms with Gasteiger partial charge >= 0.3 is 6.18 Å². The molecule has 148 valence electrons. The highest BCUT2D eigenvalue weighted by molar-refractivity contribution is 5.98. The Morgan fingerprint density at radius 3 is 2.32 bits per heavy atom. The molecule has 3 rings (SSSR count). The van der Waals surface area contributed by atoms with Crippen LogP contribution in [0.4, 0.5) is 24.5 Å². The molecule has 2 atom stereocenters. The van der Waals surface area contributed by atoms with Crippen LogP contribution in [0.15, 0.2) is 42.5 Å². The SMILES string of the molecule is COc1ccc(NC(C)=O)cc1NC(=O)C1CC1c1ccc(C(F)(F)F)cc1. The van der Waals surface area contributed by atoms with Gasteiger partial charge < -0.3 is 15.4 Å². The number of methoxy groups -OCH3 is 1. The summed E-state index contributed by atoms with van der Waals surface area (Å²) in [4.78, 5) is 23.8. The molecule has 2 amide bonds. The molecule has 0 spiro atoms. The van der Waals surface area contributed by atoms with Crippen LogP contribution in [-0.2, 0) is 15.8 Å². The van der Waals surface area contributed by atoms with Crippen molar-refractivity contribution in [3.8, 4) is 5.75 Å². The van der Waals surface area contributed by atoms with Crippen molar-refractivity contribution in [3.05, 3.63) is 53.6 Å². The molecule has 0 radical (unpaired) electrons. The topological polar surface area (TPSA) is 67.4 Å². The van der Waals surface area contributed by atoms with Crippen LogP contribution in [0.3, 0.4) is 0 Å². The van der Waals surface area contributed by atoms with E-state index >= 15 is 0 Å². The zero-order valence-corrected chi connectivity index (χ0v) is 15.3. The van der Waals surface area contributed by atoms with Gasteiger partial charge in [0.1, 0.15) is 5.75 Å². The average Bonchev–Trinajstić information content (AvgIpc) is 3.42. The fourth-order valence-electron chi connectivity index (χ4n) is 3.08. The summed E-state index contributed by atoms with van der Waals surface area (Å²) in [5.74, 6) is -0.498. The first-order chi connectivity index (χ1) is 13.2. The molecule has 0 aromatic heterocycles. The Bertz CT molecular complexity index is 895. The summed E-state index contributed by atoms with van der Waals surface area (Å²) >= 11 is 0. The van der Waals surface area contributed by atoms with E-state index in [0.29, 0.717) is 29.1 Å². The second-order valence-corrected chi connectivity index (χ2v) is 6.65. The average molecular weight is 392 g/mol. The number of carbonyl (C=O) groups is 2. The molecule has 2 aromatic carbocycles. The van der Waals surface area contributed by atoms with Gasteiger partial charge in [-0.25, -0.2) is 0 Å². The van der Waals surface area contributed by atoms with Gasteiger partial charge in [0.05, 0.1) is 18.4 Å². The molecule has 0 aliphatic heterocycles. The molecule has 1 saturated carbocycles. The van der Waals surface area contributed by atoms with E-state index < -0.39 is 11.7 Å². The standard InChI is InChI=1S/C20H19F3N2O3/c1-11(26)24-14-7-8-18(28-2)17(9-14)25-19(27)16-10-15(16)12-3-5-13(6-4-12)20(21,22)23/h3-9,15-16H,10H2,1-2H3,(H,24,26)(H,25,27). The first-order valence-electron chi connectivity index (χ1n) is 8.62.